The Kier molecular flexibility index (Phi) is 4.34. The van der Waals surface area contributed by atoms with Crippen molar-refractivity contribution in [1.29, 1.82) is 0 Å². The first-order valence-electron chi connectivity index (χ1n) is 3.97. The van der Waals surface area contributed by atoms with Crippen LogP contribution in [0.15, 0.2) is 22.9 Å². The Labute approximate surface area is 86.5 Å². The number of hydrogen-bond acceptors (Lipinski definition) is 2. The van der Waals surface area contributed by atoms with E-state index in [2.05, 4.69) is 32.8 Å². The molecule has 0 spiro atoms. The molecule has 0 unspecified atom stereocenters. The molecule has 0 fully saturated rings. The van der Waals surface area contributed by atoms with Gasteiger partial charge in [0.15, 0.2) is 5.75 Å². The highest BCUT2D eigenvalue weighted by atomic mass is 79.9. The summed E-state index contributed by atoms with van der Waals surface area (Å²) in [5.74, 6) is 6.50. The molecule has 0 atom stereocenters. The topological polar surface area (TPSA) is 22.1 Å². The smallest absolute Gasteiger partial charge is 0.152 e. The summed E-state index contributed by atoms with van der Waals surface area (Å²) in [5.41, 5.74) is 0. The van der Waals surface area contributed by atoms with Gasteiger partial charge in [-0.25, -0.2) is 4.98 Å². The molecule has 0 saturated heterocycles. The molecule has 3 heteroatoms. The van der Waals surface area contributed by atoms with Gasteiger partial charge in [-0.2, -0.15) is 0 Å². The van der Waals surface area contributed by atoms with E-state index in [4.69, 9.17) is 4.74 Å². The number of hydrogen-bond donors (Lipinski definition) is 0. The number of aromatic nitrogens is 1. The Morgan fingerprint density at radius 2 is 2.46 bits per heavy atom. The van der Waals surface area contributed by atoms with Crippen molar-refractivity contribution < 1.29 is 4.74 Å². The highest BCUT2D eigenvalue weighted by molar-refractivity contribution is 9.10. The number of pyridine rings is 1. The fourth-order valence-electron chi connectivity index (χ4n) is 0.816. The minimum Gasteiger partial charge on any atom is -0.490 e. The summed E-state index contributed by atoms with van der Waals surface area (Å²) in [7, 11) is 0. The summed E-state index contributed by atoms with van der Waals surface area (Å²) in [6.07, 6.45) is 2.46. The first kappa shape index (κ1) is 10.1. The minimum absolute atomic E-state index is 0.602. The van der Waals surface area contributed by atoms with E-state index in [1.807, 2.05) is 19.1 Å². The molecular weight excluding hydrogens is 230 g/mol. The van der Waals surface area contributed by atoms with E-state index >= 15 is 0 Å². The number of rotatable bonds is 3. The fraction of sp³-hybridized carbons (Fsp3) is 0.300. The van der Waals surface area contributed by atoms with Crippen LogP contribution in [-0.2, 0) is 0 Å². The van der Waals surface area contributed by atoms with Gasteiger partial charge in [-0.1, -0.05) is 0 Å². The van der Waals surface area contributed by atoms with Crippen LogP contribution in [0.3, 0.4) is 0 Å². The third-order valence-electron chi connectivity index (χ3n) is 1.39. The van der Waals surface area contributed by atoms with Crippen LogP contribution in [-0.4, -0.2) is 11.6 Å². The SMILES string of the molecule is CC#CCCOc1cccnc1Br. The van der Waals surface area contributed by atoms with Crippen LogP contribution in [0.2, 0.25) is 0 Å². The van der Waals surface area contributed by atoms with Crippen molar-refractivity contribution in [2.45, 2.75) is 13.3 Å². The molecular formula is C10H10BrNO. The van der Waals surface area contributed by atoms with Gasteiger partial charge in [0, 0.05) is 12.6 Å². The second kappa shape index (κ2) is 5.60. The fourth-order valence-corrected chi connectivity index (χ4v) is 1.18. The summed E-state index contributed by atoms with van der Waals surface area (Å²) in [6.45, 7) is 2.42. The van der Waals surface area contributed by atoms with Crippen LogP contribution < -0.4 is 4.74 Å². The normalized spacial score (nSPS) is 8.77. The van der Waals surface area contributed by atoms with Gasteiger partial charge in [0.25, 0.3) is 0 Å². The van der Waals surface area contributed by atoms with E-state index in [-0.39, 0.29) is 0 Å². The van der Waals surface area contributed by atoms with Crippen molar-refractivity contribution in [2.24, 2.45) is 0 Å². The molecule has 1 aromatic heterocycles. The van der Waals surface area contributed by atoms with Gasteiger partial charge in [0.1, 0.15) is 4.60 Å². The summed E-state index contributed by atoms with van der Waals surface area (Å²) < 4.78 is 6.16. The lowest BCUT2D eigenvalue weighted by Crippen LogP contribution is -1.96. The van der Waals surface area contributed by atoms with E-state index in [1.54, 1.807) is 6.20 Å². The van der Waals surface area contributed by atoms with Crippen molar-refractivity contribution in [3.05, 3.63) is 22.9 Å². The zero-order chi connectivity index (χ0) is 9.52. The van der Waals surface area contributed by atoms with Crippen LogP contribution in [0, 0.1) is 11.8 Å². The van der Waals surface area contributed by atoms with E-state index in [0.29, 0.717) is 6.61 Å². The predicted octanol–water partition coefficient (Wildman–Crippen LogP) is 2.64. The van der Waals surface area contributed by atoms with Gasteiger partial charge >= 0.3 is 0 Å². The minimum atomic E-state index is 0.602. The molecule has 0 bridgehead atoms. The zero-order valence-electron chi connectivity index (χ0n) is 7.38. The molecule has 1 heterocycles. The van der Waals surface area contributed by atoms with Crippen molar-refractivity contribution in [3.63, 3.8) is 0 Å². The lowest BCUT2D eigenvalue weighted by molar-refractivity contribution is 0.323. The average molecular weight is 240 g/mol. The first-order chi connectivity index (χ1) is 6.34. The van der Waals surface area contributed by atoms with Crippen LogP contribution in [0.1, 0.15) is 13.3 Å². The maximum Gasteiger partial charge on any atom is 0.152 e. The Balaban J connectivity index is 2.44. The lowest BCUT2D eigenvalue weighted by Gasteiger charge is -2.04. The molecule has 68 valence electrons. The highest BCUT2D eigenvalue weighted by Gasteiger charge is 1.98. The Morgan fingerprint density at radius 1 is 1.62 bits per heavy atom. The maximum absolute atomic E-state index is 5.43. The average Bonchev–Trinajstić information content (AvgIpc) is 2.15. The van der Waals surface area contributed by atoms with Gasteiger partial charge in [0.2, 0.25) is 0 Å². The third kappa shape index (κ3) is 3.47. The van der Waals surface area contributed by atoms with E-state index in [9.17, 15) is 0 Å². The highest BCUT2D eigenvalue weighted by Crippen LogP contribution is 2.20. The second-order valence-electron chi connectivity index (χ2n) is 2.32. The van der Waals surface area contributed by atoms with Crippen molar-refractivity contribution in [3.8, 4) is 17.6 Å². The van der Waals surface area contributed by atoms with E-state index in [1.165, 1.54) is 0 Å². The second-order valence-corrected chi connectivity index (χ2v) is 3.07. The Bertz CT molecular complexity index is 327. The molecule has 0 amide bonds. The molecule has 0 saturated carbocycles. The predicted molar refractivity (Wildman–Crippen MR) is 55.5 cm³/mol. The molecule has 1 rings (SSSR count). The largest absolute Gasteiger partial charge is 0.490 e. The number of nitrogens with zero attached hydrogens (tertiary/aromatic N) is 1. The first-order valence-corrected chi connectivity index (χ1v) is 4.77. The quantitative estimate of drug-likeness (QED) is 0.460. The van der Waals surface area contributed by atoms with Crippen LogP contribution in [0.4, 0.5) is 0 Å². The van der Waals surface area contributed by atoms with Crippen LogP contribution >= 0.6 is 15.9 Å². The van der Waals surface area contributed by atoms with Crippen molar-refractivity contribution in [1.82, 2.24) is 4.98 Å². The molecule has 0 aliphatic heterocycles. The van der Waals surface area contributed by atoms with E-state index < -0.39 is 0 Å². The molecule has 0 aliphatic carbocycles. The van der Waals surface area contributed by atoms with Gasteiger partial charge in [-0.05, 0) is 35.0 Å². The summed E-state index contributed by atoms with van der Waals surface area (Å²) in [6, 6.07) is 3.71. The Morgan fingerprint density at radius 3 is 3.15 bits per heavy atom. The molecule has 0 radical (unpaired) electrons. The molecule has 0 aromatic carbocycles. The molecule has 0 N–H and O–H groups in total. The van der Waals surface area contributed by atoms with Gasteiger partial charge in [-0.15, -0.1) is 11.8 Å². The lowest BCUT2D eigenvalue weighted by atomic mass is 10.4. The number of ether oxygens (including phenoxy) is 1. The molecule has 13 heavy (non-hydrogen) atoms. The van der Waals surface area contributed by atoms with Crippen molar-refractivity contribution in [2.75, 3.05) is 6.61 Å². The Hall–Kier alpha value is -1.01. The van der Waals surface area contributed by atoms with E-state index in [0.717, 1.165) is 16.8 Å². The maximum atomic E-state index is 5.43. The summed E-state index contributed by atoms with van der Waals surface area (Å²) in [4.78, 5) is 4.03. The zero-order valence-corrected chi connectivity index (χ0v) is 8.97. The van der Waals surface area contributed by atoms with Crippen LogP contribution in [0.5, 0.6) is 5.75 Å². The van der Waals surface area contributed by atoms with Gasteiger partial charge < -0.3 is 4.74 Å². The molecule has 0 aliphatic rings. The molecule has 1 aromatic rings. The van der Waals surface area contributed by atoms with Gasteiger partial charge in [-0.3, -0.25) is 0 Å². The standard InChI is InChI=1S/C10H10BrNO/c1-2-3-4-8-13-9-6-5-7-12-10(9)11/h5-7H,4,8H2,1H3. The molecule has 2 nitrogen and oxygen atoms in total. The summed E-state index contributed by atoms with van der Waals surface area (Å²) >= 11 is 3.29. The monoisotopic (exact) mass is 239 g/mol. The van der Waals surface area contributed by atoms with Gasteiger partial charge in [0.05, 0.1) is 6.61 Å². The number of halogens is 1. The third-order valence-corrected chi connectivity index (χ3v) is 1.98. The van der Waals surface area contributed by atoms with Crippen molar-refractivity contribution >= 4 is 15.9 Å². The van der Waals surface area contributed by atoms with Crippen LogP contribution in [0.25, 0.3) is 0 Å². The summed E-state index contributed by atoms with van der Waals surface area (Å²) in [5, 5.41) is 0.